The largest absolute Gasteiger partial charge is 0.417 e. The number of hydrogen-bond donors (Lipinski definition) is 1. The zero-order chi connectivity index (χ0) is 14.8. The first-order valence-corrected chi connectivity index (χ1v) is 6.04. The van der Waals surface area contributed by atoms with Gasteiger partial charge in [-0.15, -0.1) is 0 Å². The number of nitriles is 1. The summed E-state index contributed by atoms with van der Waals surface area (Å²) in [6.45, 7) is 1.12. The van der Waals surface area contributed by atoms with E-state index in [1.165, 1.54) is 12.1 Å². The Morgan fingerprint density at radius 3 is 2.80 bits per heavy atom. The fourth-order valence-corrected chi connectivity index (χ4v) is 2.13. The number of alkyl halides is 3. The highest BCUT2D eigenvalue weighted by molar-refractivity contribution is 5.55. The summed E-state index contributed by atoms with van der Waals surface area (Å²) in [5, 5.41) is 17.9. The fourth-order valence-electron chi connectivity index (χ4n) is 2.13. The summed E-state index contributed by atoms with van der Waals surface area (Å²) in [6.07, 6.45) is -4.90. The van der Waals surface area contributed by atoms with Gasteiger partial charge in [-0.3, -0.25) is 0 Å². The van der Waals surface area contributed by atoms with Gasteiger partial charge >= 0.3 is 6.18 Å². The van der Waals surface area contributed by atoms with Crippen molar-refractivity contribution in [1.82, 2.24) is 0 Å². The molecule has 0 aliphatic carbocycles. The van der Waals surface area contributed by atoms with Crippen LogP contribution in [0.15, 0.2) is 18.2 Å². The topological polar surface area (TPSA) is 56.5 Å². The van der Waals surface area contributed by atoms with Gasteiger partial charge in [0.25, 0.3) is 0 Å². The molecule has 1 aromatic rings. The minimum Gasteiger partial charge on any atom is -0.394 e. The lowest BCUT2D eigenvalue weighted by molar-refractivity contribution is -0.137. The second kappa shape index (κ2) is 5.69. The zero-order valence-electron chi connectivity index (χ0n) is 10.5. The molecular weight excluding hydrogens is 273 g/mol. The lowest BCUT2D eigenvalue weighted by atomic mass is 10.1. The monoisotopic (exact) mass is 286 g/mol. The van der Waals surface area contributed by atoms with E-state index < -0.39 is 17.3 Å². The van der Waals surface area contributed by atoms with Crippen LogP contribution in [0.4, 0.5) is 18.9 Å². The van der Waals surface area contributed by atoms with Crippen LogP contribution in [0.25, 0.3) is 0 Å². The van der Waals surface area contributed by atoms with Gasteiger partial charge in [0.2, 0.25) is 0 Å². The number of hydrogen-bond acceptors (Lipinski definition) is 4. The van der Waals surface area contributed by atoms with Crippen LogP contribution in [-0.4, -0.2) is 37.5 Å². The third-order valence-corrected chi connectivity index (χ3v) is 3.14. The van der Waals surface area contributed by atoms with Gasteiger partial charge in [0.15, 0.2) is 0 Å². The van der Waals surface area contributed by atoms with E-state index in [-0.39, 0.29) is 12.7 Å². The van der Waals surface area contributed by atoms with Gasteiger partial charge in [-0.25, -0.2) is 0 Å². The molecule has 0 aromatic heterocycles. The molecule has 1 heterocycles. The molecule has 1 saturated heterocycles. The molecule has 1 aliphatic heterocycles. The van der Waals surface area contributed by atoms with Crippen LogP contribution < -0.4 is 4.90 Å². The molecule has 0 amide bonds. The Kier molecular flexibility index (Phi) is 4.16. The molecule has 0 bridgehead atoms. The predicted molar refractivity (Wildman–Crippen MR) is 65.2 cm³/mol. The molecule has 1 atom stereocenters. The molecule has 1 aromatic carbocycles. The van der Waals surface area contributed by atoms with Crippen molar-refractivity contribution in [3.8, 4) is 6.07 Å². The van der Waals surface area contributed by atoms with Crippen LogP contribution >= 0.6 is 0 Å². The first kappa shape index (κ1) is 14.6. The standard InChI is InChI=1S/C13H13F3N2O2/c14-13(15,16)12-2-1-10(5-9(12)6-17)18-3-4-20-11(7-18)8-19/h1-2,5,11,19H,3-4,7-8H2. The molecule has 0 saturated carbocycles. The molecule has 1 aliphatic rings. The Hall–Kier alpha value is -1.78. The Bertz CT molecular complexity index is 525. The number of anilines is 1. The maximum atomic E-state index is 12.7. The van der Waals surface area contributed by atoms with Gasteiger partial charge in [-0.2, -0.15) is 18.4 Å². The average Bonchev–Trinajstić information content (AvgIpc) is 2.45. The van der Waals surface area contributed by atoms with E-state index in [9.17, 15) is 13.2 Å². The molecule has 108 valence electrons. The van der Waals surface area contributed by atoms with Crippen molar-refractivity contribution in [1.29, 1.82) is 5.26 Å². The van der Waals surface area contributed by atoms with Crippen molar-refractivity contribution in [3.63, 3.8) is 0 Å². The molecule has 1 N–H and O–H groups in total. The molecule has 1 fully saturated rings. The first-order valence-electron chi connectivity index (χ1n) is 6.04. The van der Waals surface area contributed by atoms with E-state index in [0.29, 0.717) is 25.4 Å². The zero-order valence-corrected chi connectivity index (χ0v) is 10.5. The van der Waals surface area contributed by atoms with Crippen LogP contribution in [0.2, 0.25) is 0 Å². The van der Waals surface area contributed by atoms with Crippen LogP contribution in [0.1, 0.15) is 11.1 Å². The number of morpholine rings is 1. The average molecular weight is 286 g/mol. The Labute approximate surface area is 114 Å². The van der Waals surface area contributed by atoms with Gasteiger partial charge < -0.3 is 14.7 Å². The molecule has 0 radical (unpaired) electrons. The summed E-state index contributed by atoms with van der Waals surface area (Å²) in [5.41, 5.74) is -0.811. The minimum atomic E-state index is -4.54. The molecule has 4 nitrogen and oxygen atoms in total. The third kappa shape index (κ3) is 3.03. The van der Waals surface area contributed by atoms with E-state index in [1.54, 1.807) is 11.0 Å². The van der Waals surface area contributed by atoms with Gasteiger partial charge in [0, 0.05) is 18.8 Å². The van der Waals surface area contributed by atoms with Crippen molar-refractivity contribution >= 4 is 5.69 Å². The van der Waals surface area contributed by atoms with Crippen molar-refractivity contribution in [2.75, 3.05) is 31.2 Å². The normalized spacial score (nSPS) is 19.8. The van der Waals surface area contributed by atoms with E-state index in [4.69, 9.17) is 15.1 Å². The van der Waals surface area contributed by atoms with E-state index in [0.717, 1.165) is 6.07 Å². The van der Waals surface area contributed by atoms with Crippen molar-refractivity contribution in [2.24, 2.45) is 0 Å². The summed E-state index contributed by atoms with van der Waals surface area (Å²) in [6, 6.07) is 5.05. The van der Waals surface area contributed by atoms with Crippen molar-refractivity contribution < 1.29 is 23.0 Å². The molecule has 7 heteroatoms. The summed E-state index contributed by atoms with van der Waals surface area (Å²) in [4.78, 5) is 1.80. The van der Waals surface area contributed by atoms with Crippen LogP contribution in [-0.2, 0) is 10.9 Å². The number of nitrogens with zero attached hydrogens (tertiary/aromatic N) is 2. The second-order valence-electron chi connectivity index (χ2n) is 4.46. The van der Waals surface area contributed by atoms with E-state index in [1.807, 2.05) is 0 Å². The number of benzene rings is 1. The SMILES string of the molecule is N#Cc1cc(N2CCOC(CO)C2)ccc1C(F)(F)F. The van der Waals surface area contributed by atoms with Crippen molar-refractivity contribution in [3.05, 3.63) is 29.3 Å². The second-order valence-corrected chi connectivity index (χ2v) is 4.46. The number of aliphatic hydroxyl groups excluding tert-OH is 1. The van der Waals surface area contributed by atoms with Crippen molar-refractivity contribution in [2.45, 2.75) is 12.3 Å². The number of halogens is 3. The quantitative estimate of drug-likeness (QED) is 0.900. The molecule has 20 heavy (non-hydrogen) atoms. The highest BCUT2D eigenvalue weighted by Gasteiger charge is 2.34. The Morgan fingerprint density at radius 1 is 1.45 bits per heavy atom. The maximum Gasteiger partial charge on any atom is 0.417 e. The van der Waals surface area contributed by atoms with Crippen LogP contribution in [0, 0.1) is 11.3 Å². The van der Waals surface area contributed by atoms with Gasteiger partial charge in [-0.05, 0) is 18.2 Å². The number of aliphatic hydroxyl groups is 1. The van der Waals surface area contributed by atoms with E-state index in [2.05, 4.69) is 0 Å². The summed E-state index contributed by atoms with van der Waals surface area (Å²) in [5.74, 6) is 0. The highest BCUT2D eigenvalue weighted by atomic mass is 19.4. The minimum absolute atomic E-state index is 0.151. The number of rotatable bonds is 2. The maximum absolute atomic E-state index is 12.7. The summed E-state index contributed by atoms with van der Waals surface area (Å²) in [7, 11) is 0. The van der Waals surface area contributed by atoms with Crippen LogP contribution in [0.3, 0.4) is 0 Å². The molecular formula is C13H13F3N2O2. The predicted octanol–water partition coefficient (Wildman–Crippen LogP) is 1.77. The molecule has 2 rings (SSSR count). The Balaban J connectivity index is 2.28. The fraction of sp³-hybridized carbons (Fsp3) is 0.462. The number of ether oxygens (including phenoxy) is 1. The van der Waals surface area contributed by atoms with Gasteiger partial charge in [0.1, 0.15) is 0 Å². The first-order chi connectivity index (χ1) is 9.45. The molecule has 0 spiro atoms. The summed E-state index contributed by atoms with van der Waals surface area (Å²) < 4.78 is 43.4. The van der Waals surface area contributed by atoms with Crippen LogP contribution in [0.5, 0.6) is 0 Å². The highest BCUT2D eigenvalue weighted by Crippen LogP contribution is 2.33. The third-order valence-electron chi connectivity index (χ3n) is 3.14. The molecule has 1 unspecified atom stereocenters. The lowest BCUT2D eigenvalue weighted by Crippen LogP contribution is -2.44. The summed E-state index contributed by atoms with van der Waals surface area (Å²) >= 11 is 0. The van der Waals surface area contributed by atoms with Gasteiger partial charge in [0.05, 0.1) is 36.5 Å². The smallest absolute Gasteiger partial charge is 0.394 e. The Morgan fingerprint density at radius 2 is 2.20 bits per heavy atom. The lowest BCUT2D eigenvalue weighted by Gasteiger charge is -2.34. The van der Waals surface area contributed by atoms with Gasteiger partial charge in [-0.1, -0.05) is 0 Å². The van der Waals surface area contributed by atoms with E-state index >= 15 is 0 Å².